The number of anilines is 1. The number of H-pyrrole nitrogens is 1. The van der Waals surface area contributed by atoms with Gasteiger partial charge in [-0.15, -0.1) is 0 Å². The van der Waals surface area contributed by atoms with Gasteiger partial charge in [0.05, 0.1) is 23.6 Å². The summed E-state index contributed by atoms with van der Waals surface area (Å²) in [6.45, 7) is 1.87. The molecule has 0 unspecified atom stereocenters. The molecule has 0 aliphatic carbocycles. The minimum absolute atomic E-state index is 0.0194. The number of carbonyl (C=O) groups excluding carboxylic acids is 2. The van der Waals surface area contributed by atoms with Crippen LogP contribution in [0.5, 0.6) is 5.75 Å². The fraction of sp³-hybridized carbons (Fsp3) is 0.0500. The maximum Gasteiger partial charge on any atom is 0.275 e. The first-order chi connectivity index (χ1) is 14.5. The van der Waals surface area contributed by atoms with Gasteiger partial charge in [-0.05, 0) is 30.7 Å². The molecule has 4 aromatic heterocycles. The lowest BCUT2D eigenvalue weighted by molar-refractivity contribution is 0.0997. The Morgan fingerprint density at radius 3 is 2.80 bits per heavy atom. The average Bonchev–Trinajstić information content (AvgIpc) is 3.26. The largest absolute Gasteiger partial charge is 0.506 e. The maximum absolute atomic E-state index is 12.6. The number of amides is 2. The second kappa shape index (κ2) is 6.27. The molecule has 0 aliphatic rings. The third-order valence-corrected chi connectivity index (χ3v) is 4.89. The van der Waals surface area contributed by atoms with Gasteiger partial charge in [0.2, 0.25) is 0 Å². The summed E-state index contributed by atoms with van der Waals surface area (Å²) < 4.78 is 1.68. The number of benzene rings is 1. The molecule has 10 heteroatoms. The maximum atomic E-state index is 12.6. The topological polar surface area (TPSA) is 151 Å². The van der Waals surface area contributed by atoms with Crippen molar-refractivity contribution in [2.45, 2.75) is 6.92 Å². The molecule has 5 rings (SSSR count). The summed E-state index contributed by atoms with van der Waals surface area (Å²) >= 11 is 0. The second-order valence-electron chi connectivity index (χ2n) is 6.80. The fourth-order valence-corrected chi connectivity index (χ4v) is 3.57. The average molecular weight is 401 g/mol. The fourth-order valence-electron chi connectivity index (χ4n) is 3.57. The summed E-state index contributed by atoms with van der Waals surface area (Å²) in [4.78, 5) is 40.6. The molecule has 0 aliphatic heterocycles. The molecule has 5 N–H and O–H groups in total. The Morgan fingerprint density at radius 1 is 1.23 bits per heavy atom. The number of phenols is 1. The first-order valence-electron chi connectivity index (χ1n) is 8.98. The molecule has 1 aromatic carbocycles. The van der Waals surface area contributed by atoms with Gasteiger partial charge in [0.1, 0.15) is 33.7 Å². The SMILES string of the molecule is Cc1ccc(O)c2[nH]c3c(C(N)=O)c4nc(C(=O)Nc5cccnc5)cnc4n3c12. The molecule has 2 amide bonds. The van der Waals surface area contributed by atoms with Crippen LogP contribution in [0.25, 0.3) is 27.8 Å². The van der Waals surface area contributed by atoms with Crippen molar-refractivity contribution >= 4 is 45.3 Å². The zero-order valence-corrected chi connectivity index (χ0v) is 15.7. The van der Waals surface area contributed by atoms with Crippen LogP contribution < -0.4 is 11.1 Å². The molecule has 0 saturated carbocycles. The van der Waals surface area contributed by atoms with Gasteiger partial charge >= 0.3 is 0 Å². The van der Waals surface area contributed by atoms with Crippen molar-refractivity contribution < 1.29 is 14.7 Å². The molecule has 0 saturated heterocycles. The first kappa shape index (κ1) is 17.6. The summed E-state index contributed by atoms with van der Waals surface area (Å²) in [6, 6.07) is 6.69. The number of aromatic nitrogens is 5. The summed E-state index contributed by atoms with van der Waals surface area (Å²) in [5, 5.41) is 12.9. The molecular weight excluding hydrogens is 386 g/mol. The lowest BCUT2D eigenvalue weighted by Gasteiger charge is -2.04. The molecule has 0 radical (unpaired) electrons. The van der Waals surface area contributed by atoms with Crippen molar-refractivity contribution in [1.29, 1.82) is 0 Å². The predicted molar refractivity (Wildman–Crippen MR) is 109 cm³/mol. The van der Waals surface area contributed by atoms with E-state index in [9.17, 15) is 14.7 Å². The lowest BCUT2D eigenvalue weighted by atomic mass is 10.2. The van der Waals surface area contributed by atoms with E-state index in [1.54, 1.807) is 34.9 Å². The normalized spacial score (nSPS) is 11.4. The van der Waals surface area contributed by atoms with Crippen LogP contribution in [-0.2, 0) is 0 Å². The number of aryl methyl sites for hydroxylation is 1. The van der Waals surface area contributed by atoms with Crippen LogP contribution in [0.2, 0.25) is 0 Å². The van der Waals surface area contributed by atoms with Gasteiger partial charge in [-0.2, -0.15) is 0 Å². The highest BCUT2D eigenvalue weighted by Gasteiger charge is 2.25. The van der Waals surface area contributed by atoms with E-state index in [0.29, 0.717) is 28.0 Å². The third-order valence-electron chi connectivity index (χ3n) is 4.89. The minimum atomic E-state index is -0.731. The number of aromatic amines is 1. The van der Waals surface area contributed by atoms with E-state index in [1.807, 2.05) is 6.92 Å². The number of hydrogen-bond acceptors (Lipinski definition) is 6. The van der Waals surface area contributed by atoms with Crippen molar-refractivity contribution in [2.24, 2.45) is 5.73 Å². The molecule has 0 fully saturated rings. The number of aromatic hydroxyl groups is 1. The standard InChI is InChI=1S/C20H15N7O3/c1-9-4-5-12(28)14-16(9)27-18(26-14)13(17(21)29)15-19(27)23-8-11(25-15)20(30)24-10-3-2-6-22-7-10/h2-8,26,28H,1H3,(H2,21,29)(H,24,30). The third kappa shape index (κ3) is 2.47. The molecule has 0 bridgehead atoms. The van der Waals surface area contributed by atoms with Gasteiger partial charge in [0.15, 0.2) is 5.65 Å². The summed E-state index contributed by atoms with van der Waals surface area (Å²) in [6.07, 6.45) is 4.41. The van der Waals surface area contributed by atoms with Crippen molar-refractivity contribution in [3.8, 4) is 5.75 Å². The molecule has 5 aromatic rings. The van der Waals surface area contributed by atoms with Crippen molar-refractivity contribution in [2.75, 3.05) is 5.32 Å². The van der Waals surface area contributed by atoms with E-state index in [0.717, 1.165) is 5.56 Å². The van der Waals surface area contributed by atoms with E-state index in [-0.39, 0.29) is 22.5 Å². The highest BCUT2D eigenvalue weighted by Crippen LogP contribution is 2.33. The molecule has 4 heterocycles. The second-order valence-corrected chi connectivity index (χ2v) is 6.80. The number of imidazole rings is 1. The van der Waals surface area contributed by atoms with Crippen LogP contribution in [0, 0.1) is 6.92 Å². The molecule has 0 atom stereocenters. The Balaban J connectivity index is 1.75. The monoisotopic (exact) mass is 401 g/mol. The summed E-state index contributed by atoms with van der Waals surface area (Å²) in [5.41, 5.74) is 9.06. The number of nitrogens with one attached hydrogen (secondary N) is 2. The number of nitrogens with zero attached hydrogens (tertiary/aromatic N) is 4. The van der Waals surface area contributed by atoms with Gasteiger partial charge in [0.25, 0.3) is 11.8 Å². The molecule has 10 nitrogen and oxygen atoms in total. The van der Waals surface area contributed by atoms with Crippen LogP contribution in [0.1, 0.15) is 26.4 Å². The Hall–Kier alpha value is -4.47. The lowest BCUT2D eigenvalue weighted by Crippen LogP contribution is -2.15. The smallest absolute Gasteiger partial charge is 0.275 e. The number of primary amides is 1. The highest BCUT2D eigenvalue weighted by molar-refractivity contribution is 6.13. The van der Waals surface area contributed by atoms with E-state index in [4.69, 9.17) is 5.73 Å². The number of pyridine rings is 1. The molecule has 0 spiro atoms. The van der Waals surface area contributed by atoms with Gasteiger partial charge in [-0.3, -0.25) is 19.0 Å². The van der Waals surface area contributed by atoms with Crippen LogP contribution in [0.15, 0.2) is 42.9 Å². The van der Waals surface area contributed by atoms with Crippen LogP contribution in [0.3, 0.4) is 0 Å². The van der Waals surface area contributed by atoms with Gasteiger partial charge in [-0.1, -0.05) is 6.07 Å². The van der Waals surface area contributed by atoms with Crippen molar-refractivity contribution in [1.82, 2.24) is 24.3 Å². The Kier molecular flexibility index (Phi) is 3.68. The summed E-state index contributed by atoms with van der Waals surface area (Å²) in [5.74, 6) is -1.20. The number of nitrogens with two attached hydrogens (primary N) is 1. The Bertz CT molecular complexity index is 1480. The zero-order chi connectivity index (χ0) is 21.0. The van der Waals surface area contributed by atoms with Crippen LogP contribution >= 0.6 is 0 Å². The van der Waals surface area contributed by atoms with Crippen LogP contribution in [-0.4, -0.2) is 41.3 Å². The Labute approximate surface area is 168 Å². The number of phenolic OH excluding ortho intramolecular Hbond substituents is 1. The van der Waals surface area contributed by atoms with Gasteiger partial charge < -0.3 is 21.1 Å². The number of hydrogen-bond donors (Lipinski definition) is 4. The Morgan fingerprint density at radius 2 is 2.07 bits per heavy atom. The molecular formula is C20H15N7O3. The zero-order valence-electron chi connectivity index (χ0n) is 15.7. The number of carbonyl (C=O) groups is 2. The van der Waals surface area contributed by atoms with E-state index >= 15 is 0 Å². The van der Waals surface area contributed by atoms with Crippen molar-refractivity contribution in [3.05, 3.63) is 59.7 Å². The summed E-state index contributed by atoms with van der Waals surface area (Å²) in [7, 11) is 0. The van der Waals surface area contributed by atoms with Crippen LogP contribution in [0.4, 0.5) is 5.69 Å². The van der Waals surface area contributed by atoms with E-state index in [1.165, 1.54) is 12.4 Å². The van der Waals surface area contributed by atoms with Gasteiger partial charge in [-0.25, -0.2) is 9.97 Å². The number of rotatable bonds is 3. The van der Waals surface area contributed by atoms with Gasteiger partial charge in [0, 0.05) is 6.20 Å². The first-order valence-corrected chi connectivity index (χ1v) is 8.98. The van der Waals surface area contributed by atoms with E-state index < -0.39 is 11.8 Å². The predicted octanol–water partition coefficient (Wildman–Crippen LogP) is 2.12. The molecule has 30 heavy (non-hydrogen) atoms. The number of fused-ring (bicyclic) bond motifs is 5. The molecule has 148 valence electrons. The van der Waals surface area contributed by atoms with Crippen molar-refractivity contribution in [3.63, 3.8) is 0 Å². The minimum Gasteiger partial charge on any atom is -0.506 e. The highest BCUT2D eigenvalue weighted by atomic mass is 16.3. The quantitative estimate of drug-likeness (QED) is 0.363. The van der Waals surface area contributed by atoms with E-state index in [2.05, 4.69) is 25.3 Å².